The van der Waals surface area contributed by atoms with Crippen molar-refractivity contribution in [3.8, 4) is 0 Å². The Morgan fingerprint density at radius 2 is 2.25 bits per heavy atom. The molecule has 1 heterocycles. The molecule has 0 amide bonds. The second kappa shape index (κ2) is 4.10. The topological polar surface area (TPSA) is 38.9 Å². The Bertz CT molecular complexity index is 256. The van der Waals surface area contributed by atoms with Crippen molar-refractivity contribution in [1.82, 2.24) is 4.98 Å². The third-order valence-electron chi connectivity index (χ3n) is 1.96. The van der Waals surface area contributed by atoms with E-state index in [0.29, 0.717) is 0 Å². The van der Waals surface area contributed by atoms with Crippen LogP contribution in [0, 0.1) is 6.92 Å². The van der Waals surface area contributed by atoms with Gasteiger partial charge in [-0.05, 0) is 31.4 Å². The van der Waals surface area contributed by atoms with E-state index in [0.717, 1.165) is 17.8 Å². The number of unbranched alkanes of at least 4 members (excludes halogenated alkanes) is 1. The molecule has 0 spiro atoms. The van der Waals surface area contributed by atoms with Crippen molar-refractivity contribution in [3.63, 3.8) is 0 Å². The quantitative estimate of drug-likeness (QED) is 0.744. The summed E-state index contributed by atoms with van der Waals surface area (Å²) in [4.78, 5) is 4.12. The molecule has 1 aromatic heterocycles. The number of hydrogen-bond donors (Lipinski definition) is 1. The van der Waals surface area contributed by atoms with Crippen LogP contribution < -0.4 is 5.73 Å². The number of hydrogen-bond acceptors (Lipinski definition) is 2. The predicted molar refractivity (Wildman–Crippen MR) is 52.0 cm³/mol. The zero-order chi connectivity index (χ0) is 8.97. The third-order valence-corrected chi connectivity index (χ3v) is 1.96. The van der Waals surface area contributed by atoms with Crippen LogP contribution in [-0.4, -0.2) is 4.98 Å². The second-order valence-electron chi connectivity index (χ2n) is 3.13. The summed E-state index contributed by atoms with van der Waals surface area (Å²) >= 11 is 0. The lowest BCUT2D eigenvalue weighted by molar-refractivity contribution is 0.794. The zero-order valence-electron chi connectivity index (χ0n) is 7.80. The summed E-state index contributed by atoms with van der Waals surface area (Å²) < 4.78 is 0. The lowest BCUT2D eigenvalue weighted by Crippen LogP contribution is -1.96. The maximum absolute atomic E-state index is 5.77. The first-order valence-electron chi connectivity index (χ1n) is 4.45. The highest BCUT2D eigenvalue weighted by Gasteiger charge is 1.98. The molecule has 2 N–H and O–H groups in total. The minimum atomic E-state index is 0.828. The molecular weight excluding hydrogens is 148 g/mol. The van der Waals surface area contributed by atoms with Gasteiger partial charge in [-0.3, -0.25) is 4.98 Å². The van der Waals surface area contributed by atoms with Crippen molar-refractivity contribution in [2.24, 2.45) is 0 Å². The normalized spacial score (nSPS) is 10.2. The SMILES string of the molecule is CCCCc1cc(C)ncc1N. The fourth-order valence-corrected chi connectivity index (χ4v) is 1.21. The Hall–Kier alpha value is -1.05. The molecule has 0 aromatic carbocycles. The van der Waals surface area contributed by atoms with Gasteiger partial charge >= 0.3 is 0 Å². The summed E-state index contributed by atoms with van der Waals surface area (Å²) in [5, 5.41) is 0. The Morgan fingerprint density at radius 3 is 2.92 bits per heavy atom. The van der Waals surface area contributed by atoms with Crippen LogP contribution >= 0.6 is 0 Å². The molecule has 66 valence electrons. The third kappa shape index (κ3) is 2.22. The Morgan fingerprint density at radius 1 is 1.50 bits per heavy atom. The van der Waals surface area contributed by atoms with Gasteiger partial charge in [-0.25, -0.2) is 0 Å². The molecule has 12 heavy (non-hydrogen) atoms. The molecule has 0 aliphatic heterocycles. The van der Waals surface area contributed by atoms with Crippen LogP contribution in [0.15, 0.2) is 12.3 Å². The number of aryl methyl sites for hydroxylation is 2. The molecule has 2 nitrogen and oxygen atoms in total. The Kier molecular flexibility index (Phi) is 3.09. The largest absolute Gasteiger partial charge is 0.397 e. The monoisotopic (exact) mass is 164 g/mol. The van der Waals surface area contributed by atoms with E-state index in [1.165, 1.54) is 18.4 Å². The number of anilines is 1. The van der Waals surface area contributed by atoms with Crippen molar-refractivity contribution in [3.05, 3.63) is 23.5 Å². The summed E-state index contributed by atoms with van der Waals surface area (Å²) in [5.41, 5.74) is 8.89. The van der Waals surface area contributed by atoms with Gasteiger partial charge in [-0.1, -0.05) is 13.3 Å². The molecule has 1 rings (SSSR count). The first-order chi connectivity index (χ1) is 5.74. The lowest BCUT2D eigenvalue weighted by Gasteiger charge is -2.04. The van der Waals surface area contributed by atoms with Crippen LogP contribution in [0.4, 0.5) is 5.69 Å². The van der Waals surface area contributed by atoms with Gasteiger partial charge in [0.25, 0.3) is 0 Å². The molecule has 0 aliphatic rings. The zero-order valence-corrected chi connectivity index (χ0v) is 7.80. The van der Waals surface area contributed by atoms with Crippen LogP contribution in [0.1, 0.15) is 31.0 Å². The fourth-order valence-electron chi connectivity index (χ4n) is 1.21. The van der Waals surface area contributed by atoms with E-state index < -0.39 is 0 Å². The molecular formula is C10H16N2. The van der Waals surface area contributed by atoms with Gasteiger partial charge in [0, 0.05) is 5.69 Å². The van der Waals surface area contributed by atoms with E-state index in [-0.39, 0.29) is 0 Å². The average Bonchev–Trinajstić information content (AvgIpc) is 2.07. The van der Waals surface area contributed by atoms with E-state index >= 15 is 0 Å². The second-order valence-corrected chi connectivity index (χ2v) is 3.13. The minimum absolute atomic E-state index is 0.828. The lowest BCUT2D eigenvalue weighted by atomic mass is 10.1. The molecule has 0 saturated carbocycles. The molecule has 0 fully saturated rings. The van der Waals surface area contributed by atoms with Crippen LogP contribution in [0.2, 0.25) is 0 Å². The van der Waals surface area contributed by atoms with Gasteiger partial charge in [-0.2, -0.15) is 0 Å². The smallest absolute Gasteiger partial charge is 0.0533 e. The maximum Gasteiger partial charge on any atom is 0.0533 e. The van der Waals surface area contributed by atoms with Crippen LogP contribution in [-0.2, 0) is 6.42 Å². The number of nitrogen functional groups attached to an aromatic ring is 1. The van der Waals surface area contributed by atoms with Crippen molar-refractivity contribution >= 4 is 5.69 Å². The van der Waals surface area contributed by atoms with Crippen molar-refractivity contribution < 1.29 is 0 Å². The minimum Gasteiger partial charge on any atom is -0.397 e. The van der Waals surface area contributed by atoms with Gasteiger partial charge in [0.2, 0.25) is 0 Å². The molecule has 1 aromatic rings. The first kappa shape index (κ1) is 9.04. The maximum atomic E-state index is 5.77. The number of nitrogens with two attached hydrogens (primary N) is 1. The highest BCUT2D eigenvalue weighted by molar-refractivity contribution is 5.45. The van der Waals surface area contributed by atoms with E-state index in [9.17, 15) is 0 Å². The summed E-state index contributed by atoms with van der Waals surface area (Å²) in [5.74, 6) is 0. The molecule has 0 atom stereocenters. The highest BCUT2D eigenvalue weighted by atomic mass is 14.7. The summed E-state index contributed by atoms with van der Waals surface area (Å²) in [6, 6.07) is 2.07. The van der Waals surface area contributed by atoms with Gasteiger partial charge in [-0.15, -0.1) is 0 Å². The van der Waals surface area contributed by atoms with Gasteiger partial charge in [0.15, 0.2) is 0 Å². The first-order valence-corrected chi connectivity index (χ1v) is 4.45. The number of pyridine rings is 1. The number of nitrogens with zero attached hydrogens (tertiary/aromatic N) is 1. The summed E-state index contributed by atoms with van der Waals surface area (Å²) in [6.45, 7) is 4.18. The Balaban J connectivity index is 2.75. The predicted octanol–water partition coefficient (Wildman–Crippen LogP) is 2.31. The van der Waals surface area contributed by atoms with Crippen molar-refractivity contribution in [2.75, 3.05) is 5.73 Å². The van der Waals surface area contributed by atoms with E-state index in [4.69, 9.17) is 5.73 Å². The number of rotatable bonds is 3. The van der Waals surface area contributed by atoms with Crippen molar-refractivity contribution in [1.29, 1.82) is 0 Å². The molecule has 0 aliphatic carbocycles. The van der Waals surface area contributed by atoms with Gasteiger partial charge in [0.05, 0.1) is 11.9 Å². The standard InChI is InChI=1S/C10H16N2/c1-3-4-5-9-6-8(2)12-7-10(9)11/h6-7H,3-5,11H2,1-2H3. The van der Waals surface area contributed by atoms with Crippen LogP contribution in [0.5, 0.6) is 0 Å². The average molecular weight is 164 g/mol. The van der Waals surface area contributed by atoms with Crippen molar-refractivity contribution in [2.45, 2.75) is 33.1 Å². The fraction of sp³-hybridized carbons (Fsp3) is 0.500. The van der Waals surface area contributed by atoms with E-state index in [1.54, 1.807) is 6.20 Å². The van der Waals surface area contributed by atoms with E-state index in [1.807, 2.05) is 6.92 Å². The van der Waals surface area contributed by atoms with Crippen LogP contribution in [0.3, 0.4) is 0 Å². The molecule has 0 bridgehead atoms. The van der Waals surface area contributed by atoms with Crippen LogP contribution in [0.25, 0.3) is 0 Å². The molecule has 0 saturated heterocycles. The molecule has 0 radical (unpaired) electrons. The summed E-state index contributed by atoms with van der Waals surface area (Å²) in [6.07, 6.45) is 5.24. The van der Waals surface area contributed by atoms with E-state index in [2.05, 4.69) is 18.0 Å². The molecule has 2 heteroatoms. The molecule has 0 unspecified atom stereocenters. The van der Waals surface area contributed by atoms with Gasteiger partial charge < -0.3 is 5.73 Å². The number of aromatic nitrogens is 1. The Labute approximate surface area is 73.8 Å². The van der Waals surface area contributed by atoms with Gasteiger partial charge in [0.1, 0.15) is 0 Å². The highest BCUT2D eigenvalue weighted by Crippen LogP contribution is 2.13. The summed E-state index contributed by atoms with van der Waals surface area (Å²) in [7, 11) is 0.